The summed E-state index contributed by atoms with van der Waals surface area (Å²) in [4.78, 5) is 12.9. The van der Waals surface area contributed by atoms with E-state index in [1.165, 1.54) is 122 Å². The molecule has 1 aliphatic heterocycles. The molecule has 1 fully saturated rings. The van der Waals surface area contributed by atoms with Crippen molar-refractivity contribution in [2.75, 3.05) is 13.2 Å². The molecule has 5 unspecified atom stereocenters. The molecule has 49 heavy (non-hydrogen) atoms. The molecule has 0 aliphatic carbocycles. The zero-order chi connectivity index (χ0) is 36.0. The molecule has 9 nitrogen and oxygen atoms in total. The summed E-state index contributed by atoms with van der Waals surface area (Å²) in [6.45, 7) is 3.75. The highest BCUT2D eigenvalue weighted by molar-refractivity contribution is 5.76. The van der Waals surface area contributed by atoms with Crippen molar-refractivity contribution in [1.82, 2.24) is 5.32 Å². The van der Waals surface area contributed by atoms with Gasteiger partial charge in [-0.2, -0.15) is 0 Å². The van der Waals surface area contributed by atoms with Gasteiger partial charge >= 0.3 is 0 Å². The largest absolute Gasteiger partial charge is 0.394 e. The van der Waals surface area contributed by atoms with E-state index in [1.807, 2.05) is 6.08 Å². The number of hydrogen-bond donors (Lipinski definition) is 6. The number of ether oxygens (including phenoxy) is 2. The fourth-order valence-electron chi connectivity index (χ4n) is 6.51. The number of carbonyl (C=O) groups excluding carboxylic acids is 1. The summed E-state index contributed by atoms with van der Waals surface area (Å²) in [6, 6.07) is -0.796. The van der Waals surface area contributed by atoms with Gasteiger partial charge in [-0.05, 0) is 19.3 Å². The number of unbranched alkanes of at least 4 members (excludes halogenated alkanes) is 23. The van der Waals surface area contributed by atoms with Gasteiger partial charge in [0.25, 0.3) is 0 Å². The van der Waals surface area contributed by atoms with Gasteiger partial charge in [0.2, 0.25) is 5.91 Å². The molecule has 1 heterocycles. The van der Waals surface area contributed by atoms with Gasteiger partial charge in [0.05, 0.1) is 25.4 Å². The molecule has 0 aromatic heterocycles. The van der Waals surface area contributed by atoms with Crippen LogP contribution in [-0.2, 0) is 14.3 Å². The van der Waals surface area contributed by atoms with Crippen LogP contribution in [0.4, 0.5) is 0 Å². The van der Waals surface area contributed by atoms with E-state index in [0.717, 1.165) is 38.5 Å². The first-order valence-electron chi connectivity index (χ1n) is 20.4. The zero-order valence-corrected chi connectivity index (χ0v) is 31.5. The minimum Gasteiger partial charge on any atom is -0.394 e. The number of carbonyl (C=O) groups is 1. The number of nitrogens with one attached hydrogen (secondary N) is 1. The Hall–Kier alpha value is -1.07. The highest BCUT2D eigenvalue weighted by atomic mass is 16.7. The lowest BCUT2D eigenvalue weighted by Crippen LogP contribution is -2.60. The second-order valence-corrected chi connectivity index (χ2v) is 14.4. The van der Waals surface area contributed by atoms with Crippen molar-refractivity contribution < 1.29 is 39.8 Å². The smallest absolute Gasteiger partial charge is 0.220 e. The molecule has 0 spiro atoms. The summed E-state index contributed by atoms with van der Waals surface area (Å²) >= 11 is 0. The van der Waals surface area contributed by atoms with Gasteiger partial charge in [-0.3, -0.25) is 4.79 Å². The van der Waals surface area contributed by atoms with Crippen molar-refractivity contribution in [2.45, 2.75) is 224 Å². The predicted molar refractivity (Wildman–Crippen MR) is 198 cm³/mol. The summed E-state index contributed by atoms with van der Waals surface area (Å²) in [6.07, 6.45) is 26.7. The number of aliphatic hydroxyl groups excluding tert-OH is 5. The van der Waals surface area contributed by atoms with E-state index in [-0.39, 0.29) is 12.5 Å². The molecule has 9 heteroatoms. The molecule has 6 N–H and O–H groups in total. The fraction of sp³-hybridized carbons (Fsp3) is 0.925. The Bertz CT molecular complexity index is 781. The molecule has 290 valence electrons. The maximum atomic E-state index is 12.9. The van der Waals surface area contributed by atoms with E-state index in [9.17, 15) is 30.3 Å². The lowest BCUT2D eigenvalue weighted by atomic mass is 9.99. The molecule has 1 amide bonds. The maximum Gasteiger partial charge on any atom is 0.220 e. The molecule has 1 saturated heterocycles. The Morgan fingerprint density at radius 2 is 1.12 bits per heavy atom. The second-order valence-electron chi connectivity index (χ2n) is 14.4. The highest BCUT2D eigenvalue weighted by Crippen LogP contribution is 2.22. The second kappa shape index (κ2) is 31.6. The molecule has 0 saturated carbocycles. The molecular formula is C40H77NO8. The number of aliphatic hydroxyl groups is 5. The van der Waals surface area contributed by atoms with E-state index >= 15 is 0 Å². The first-order valence-corrected chi connectivity index (χ1v) is 20.4. The minimum absolute atomic E-state index is 0.178. The van der Waals surface area contributed by atoms with Crippen LogP contribution < -0.4 is 5.32 Å². The van der Waals surface area contributed by atoms with Crippen molar-refractivity contribution in [1.29, 1.82) is 0 Å². The van der Waals surface area contributed by atoms with Gasteiger partial charge in [-0.15, -0.1) is 0 Å². The highest BCUT2D eigenvalue weighted by Gasteiger charge is 2.44. The quantitative estimate of drug-likeness (QED) is 0.0307. The Morgan fingerprint density at radius 3 is 1.59 bits per heavy atom. The van der Waals surface area contributed by atoms with E-state index in [2.05, 4.69) is 19.2 Å². The number of allylic oxidation sites excluding steroid dienone is 1. The van der Waals surface area contributed by atoms with Gasteiger partial charge in [0, 0.05) is 6.42 Å². The van der Waals surface area contributed by atoms with Gasteiger partial charge < -0.3 is 40.3 Å². The van der Waals surface area contributed by atoms with Crippen LogP contribution in [-0.4, -0.2) is 87.5 Å². The lowest BCUT2D eigenvalue weighted by Gasteiger charge is -2.40. The van der Waals surface area contributed by atoms with Gasteiger partial charge in [-0.1, -0.05) is 167 Å². The Kier molecular flexibility index (Phi) is 29.7. The summed E-state index contributed by atoms with van der Waals surface area (Å²) in [7, 11) is 0. The van der Waals surface area contributed by atoms with Crippen LogP contribution in [0.15, 0.2) is 12.2 Å². The standard InChI is InChI=1S/C40H77NO8/c1-3-5-7-9-11-13-15-17-19-21-23-25-27-29-34(43)33(32-48-40-39(47)38(46)37(45)35(31-42)49-40)41-36(44)30-28-26-24-22-20-18-16-14-12-10-8-6-4-2/h27,29,33-35,37-40,42-43,45-47H,3-26,28,30-32H2,1-2H3,(H,41,44)/b29-27+/t33-,34+,35?,37?,38?,39?,40?/m0/s1. The van der Waals surface area contributed by atoms with Crippen LogP contribution in [0.5, 0.6) is 0 Å². The van der Waals surface area contributed by atoms with Crippen LogP contribution in [0, 0.1) is 0 Å². The number of rotatable bonds is 33. The molecule has 0 bridgehead atoms. The van der Waals surface area contributed by atoms with Gasteiger partial charge in [0.15, 0.2) is 6.29 Å². The third-order valence-electron chi connectivity index (χ3n) is 9.86. The number of amides is 1. The first-order chi connectivity index (χ1) is 23.8. The molecule has 0 radical (unpaired) electrons. The third-order valence-corrected chi connectivity index (χ3v) is 9.86. The van der Waals surface area contributed by atoms with E-state index in [4.69, 9.17) is 9.47 Å². The van der Waals surface area contributed by atoms with Crippen LogP contribution in [0.3, 0.4) is 0 Å². The minimum atomic E-state index is -1.56. The lowest BCUT2D eigenvalue weighted by molar-refractivity contribution is -0.302. The maximum absolute atomic E-state index is 12.9. The SMILES string of the molecule is CCCCCCCCCCCCC/C=C/[C@@H](O)[C@H](COC1OC(CO)C(O)C(O)C1O)NC(=O)CCCCCCCCCCCCCCC. The monoisotopic (exact) mass is 700 g/mol. The van der Waals surface area contributed by atoms with E-state index in [0.29, 0.717) is 6.42 Å². The van der Waals surface area contributed by atoms with Gasteiger partial charge in [-0.25, -0.2) is 0 Å². The average Bonchev–Trinajstić information content (AvgIpc) is 3.10. The summed E-state index contributed by atoms with van der Waals surface area (Å²) < 4.78 is 11.2. The van der Waals surface area contributed by atoms with Crippen LogP contribution in [0.25, 0.3) is 0 Å². The zero-order valence-electron chi connectivity index (χ0n) is 31.5. The topological polar surface area (TPSA) is 149 Å². The van der Waals surface area contributed by atoms with E-state index < -0.39 is 49.5 Å². The Labute approximate surface area is 299 Å². The number of hydrogen-bond acceptors (Lipinski definition) is 8. The van der Waals surface area contributed by atoms with Crippen molar-refractivity contribution in [2.24, 2.45) is 0 Å². The average molecular weight is 700 g/mol. The fourth-order valence-corrected chi connectivity index (χ4v) is 6.51. The van der Waals surface area contributed by atoms with Crippen molar-refractivity contribution in [3.63, 3.8) is 0 Å². The van der Waals surface area contributed by atoms with Crippen LogP contribution >= 0.6 is 0 Å². The first kappa shape index (κ1) is 46.0. The Morgan fingerprint density at radius 1 is 0.673 bits per heavy atom. The summed E-state index contributed by atoms with van der Waals surface area (Å²) in [5.74, 6) is -0.178. The van der Waals surface area contributed by atoms with Crippen LogP contribution in [0.2, 0.25) is 0 Å². The van der Waals surface area contributed by atoms with Gasteiger partial charge in [0.1, 0.15) is 24.4 Å². The molecule has 0 aromatic carbocycles. The Balaban J connectivity index is 2.43. The molecule has 7 atom stereocenters. The summed E-state index contributed by atoms with van der Waals surface area (Å²) in [5.41, 5.74) is 0. The third kappa shape index (κ3) is 23.2. The molecule has 0 aromatic rings. The molecular weight excluding hydrogens is 622 g/mol. The van der Waals surface area contributed by atoms with E-state index in [1.54, 1.807) is 6.08 Å². The van der Waals surface area contributed by atoms with Crippen molar-refractivity contribution in [3.8, 4) is 0 Å². The molecule has 1 rings (SSSR count). The predicted octanol–water partition coefficient (Wildman–Crippen LogP) is 7.39. The summed E-state index contributed by atoms with van der Waals surface area (Å²) in [5, 5.41) is 53.9. The van der Waals surface area contributed by atoms with Crippen LogP contribution in [0.1, 0.15) is 181 Å². The molecule has 1 aliphatic rings. The normalized spacial score (nSPS) is 22.5. The van der Waals surface area contributed by atoms with Crippen molar-refractivity contribution >= 4 is 5.91 Å². The van der Waals surface area contributed by atoms with Crippen molar-refractivity contribution in [3.05, 3.63) is 12.2 Å².